The van der Waals surface area contributed by atoms with Crippen molar-refractivity contribution in [1.29, 1.82) is 0 Å². The van der Waals surface area contributed by atoms with Crippen molar-refractivity contribution in [2.75, 3.05) is 0 Å². The molecule has 13 heavy (non-hydrogen) atoms. The highest BCUT2D eigenvalue weighted by atomic mass is 16.3. The van der Waals surface area contributed by atoms with Crippen LogP contribution in [-0.2, 0) is 12.6 Å². The van der Waals surface area contributed by atoms with Gasteiger partial charge in [0.15, 0.2) is 0 Å². The highest BCUT2D eigenvalue weighted by Gasteiger charge is 2.33. The molecule has 0 amide bonds. The zero-order valence-electron chi connectivity index (χ0n) is 8.03. The van der Waals surface area contributed by atoms with Crippen molar-refractivity contribution >= 4 is 0 Å². The fourth-order valence-electron chi connectivity index (χ4n) is 2.20. The number of nitrogens with zero attached hydrogens (tertiary/aromatic N) is 2. The number of rotatable bonds is 1. The minimum Gasteiger partial charge on any atom is -0.384 e. The first-order valence-corrected chi connectivity index (χ1v) is 4.91. The molecule has 1 heterocycles. The van der Waals surface area contributed by atoms with Gasteiger partial charge in [-0.25, -0.2) is 4.98 Å². The van der Waals surface area contributed by atoms with Crippen LogP contribution in [0.25, 0.3) is 0 Å². The number of aliphatic hydroxyl groups is 1. The topological polar surface area (TPSA) is 38.0 Å². The SMILES string of the molecule is Cn1cncc1C1(O)CCCCC1. The van der Waals surface area contributed by atoms with Crippen LogP contribution in [0.5, 0.6) is 0 Å². The molecule has 0 spiro atoms. The van der Waals surface area contributed by atoms with Gasteiger partial charge in [-0.1, -0.05) is 19.3 Å². The summed E-state index contributed by atoms with van der Waals surface area (Å²) in [5, 5.41) is 10.4. The minimum atomic E-state index is -0.608. The molecule has 0 bridgehead atoms. The molecule has 1 aromatic rings. The largest absolute Gasteiger partial charge is 0.384 e. The predicted molar refractivity (Wildman–Crippen MR) is 50.2 cm³/mol. The van der Waals surface area contributed by atoms with E-state index in [0.29, 0.717) is 0 Å². The third-order valence-electron chi connectivity index (χ3n) is 2.97. The van der Waals surface area contributed by atoms with Crippen molar-refractivity contribution in [2.24, 2.45) is 7.05 Å². The van der Waals surface area contributed by atoms with Gasteiger partial charge in [0.1, 0.15) is 5.60 Å². The number of hydrogen-bond acceptors (Lipinski definition) is 2. The second-order valence-electron chi connectivity index (χ2n) is 3.98. The molecule has 0 unspecified atom stereocenters. The molecule has 2 rings (SSSR count). The van der Waals surface area contributed by atoms with E-state index < -0.39 is 5.60 Å². The number of aryl methyl sites for hydroxylation is 1. The van der Waals surface area contributed by atoms with Gasteiger partial charge >= 0.3 is 0 Å². The van der Waals surface area contributed by atoms with Gasteiger partial charge in [0, 0.05) is 7.05 Å². The molecule has 1 aromatic heterocycles. The molecule has 3 nitrogen and oxygen atoms in total. The van der Waals surface area contributed by atoms with Gasteiger partial charge in [0.05, 0.1) is 18.2 Å². The lowest BCUT2D eigenvalue weighted by Gasteiger charge is -2.32. The van der Waals surface area contributed by atoms with Gasteiger partial charge in [-0.3, -0.25) is 0 Å². The van der Waals surface area contributed by atoms with Crippen molar-refractivity contribution in [3.8, 4) is 0 Å². The molecular weight excluding hydrogens is 164 g/mol. The molecule has 0 radical (unpaired) electrons. The second-order valence-corrected chi connectivity index (χ2v) is 3.98. The Kier molecular flexibility index (Phi) is 2.12. The Morgan fingerprint density at radius 1 is 1.38 bits per heavy atom. The van der Waals surface area contributed by atoms with E-state index in [1.165, 1.54) is 6.42 Å². The summed E-state index contributed by atoms with van der Waals surface area (Å²) in [7, 11) is 1.94. The van der Waals surface area contributed by atoms with Gasteiger partial charge in [-0.05, 0) is 12.8 Å². The standard InChI is InChI=1S/C10H16N2O/c1-12-8-11-7-9(12)10(13)5-3-2-4-6-10/h7-8,13H,2-6H2,1H3. The van der Waals surface area contributed by atoms with E-state index >= 15 is 0 Å². The van der Waals surface area contributed by atoms with Gasteiger partial charge in [0.2, 0.25) is 0 Å². The van der Waals surface area contributed by atoms with Crippen LogP contribution in [0.15, 0.2) is 12.5 Å². The van der Waals surface area contributed by atoms with Crippen LogP contribution in [0.1, 0.15) is 37.8 Å². The first kappa shape index (κ1) is 8.75. The van der Waals surface area contributed by atoms with E-state index in [1.54, 1.807) is 12.5 Å². The van der Waals surface area contributed by atoms with E-state index in [1.807, 2.05) is 11.6 Å². The Hall–Kier alpha value is -0.830. The highest BCUT2D eigenvalue weighted by Crippen LogP contribution is 2.36. The second kappa shape index (κ2) is 3.14. The first-order chi connectivity index (χ1) is 6.22. The summed E-state index contributed by atoms with van der Waals surface area (Å²) < 4.78 is 1.92. The van der Waals surface area contributed by atoms with Crippen LogP contribution >= 0.6 is 0 Å². The smallest absolute Gasteiger partial charge is 0.106 e. The Bertz CT molecular complexity index is 287. The molecule has 0 aliphatic heterocycles. The van der Waals surface area contributed by atoms with Crippen LogP contribution in [0, 0.1) is 0 Å². The van der Waals surface area contributed by atoms with Gasteiger partial charge < -0.3 is 9.67 Å². The average molecular weight is 180 g/mol. The summed E-state index contributed by atoms with van der Waals surface area (Å²) in [6.07, 6.45) is 8.80. The summed E-state index contributed by atoms with van der Waals surface area (Å²) in [4.78, 5) is 4.05. The van der Waals surface area contributed by atoms with Crippen molar-refractivity contribution in [2.45, 2.75) is 37.7 Å². The van der Waals surface area contributed by atoms with Crippen LogP contribution in [0.2, 0.25) is 0 Å². The quantitative estimate of drug-likeness (QED) is 0.712. The van der Waals surface area contributed by atoms with Gasteiger partial charge in [-0.15, -0.1) is 0 Å². The molecule has 3 heteroatoms. The van der Waals surface area contributed by atoms with E-state index in [4.69, 9.17) is 0 Å². The fraction of sp³-hybridized carbons (Fsp3) is 0.700. The first-order valence-electron chi connectivity index (χ1n) is 4.91. The molecule has 72 valence electrons. The molecule has 1 aliphatic carbocycles. The lowest BCUT2D eigenvalue weighted by molar-refractivity contribution is -0.00708. The summed E-state index contributed by atoms with van der Waals surface area (Å²) in [6.45, 7) is 0. The summed E-state index contributed by atoms with van der Waals surface area (Å²) in [5.41, 5.74) is 0.357. The number of imidazole rings is 1. The lowest BCUT2D eigenvalue weighted by atomic mass is 9.83. The summed E-state index contributed by atoms with van der Waals surface area (Å²) in [6, 6.07) is 0. The maximum atomic E-state index is 10.4. The minimum absolute atomic E-state index is 0.608. The Morgan fingerprint density at radius 3 is 2.62 bits per heavy atom. The zero-order chi connectivity index (χ0) is 9.31. The Morgan fingerprint density at radius 2 is 2.08 bits per heavy atom. The number of aromatic nitrogens is 2. The zero-order valence-corrected chi connectivity index (χ0v) is 8.03. The van der Waals surface area contributed by atoms with Crippen LogP contribution in [-0.4, -0.2) is 14.7 Å². The van der Waals surface area contributed by atoms with E-state index in [0.717, 1.165) is 31.4 Å². The third-order valence-corrected chi connectivity index (χ3v) is 2.97. The molecule has 0 atom stereocenters. The molecule has 1 fully saturated rings. The summed E-state index contributed by atoms with van der Waals surface area (Å²) >= 11 is 0. The fourth-order valence-corrected chi connectivity index (χ4v) is 2.20. The molecule has 1 saturated carbocycles. The molecule has 1 N–H and O–H groups in total. The predicted octanol–water partition coefficient (Wildman–Crippen LogP) is 1.57. The lowest BCUT2D eigenvalue weighted by Crippen LogP contribution is -2.30. The van der Waals surface area contributed by atoms with Gasteiger partial charge in [0.25, 0.3) is 0 Å². The van der Waals surface area contributed by atoms with Crippen LogP contribution < -0.4 is 0 Å². The third kappa shape index (κ3) is 1.48. The monoisotopic (exact) mass is 180 g/mol. The van der Waals surface area contributed by atoms with Crippen molar-refractivity contribution < 1.29 is 5.11 Å². The van der Waals surface area contributed by atoms with Crippen LogP contribution in [0.3, 0.4) is 0 Å². The highest BCUT2D eigenvalue weighted by molar-refractivity contribution is 5.10. The summed E-state index contributed by atoms with van der Waals surface area (Å²) in [5.74, 6) is 0. The van der Waals surface area contributed by atoms with E-state index in [2.05, 4.69) is 4.98 Å². The Balaban J connectivity index is 2.27. The molecule has 1 aliphatic rings. The van der Waals surface area contributed by atoms with Crippen molar-refractivity contribution in [3.05, 3.63) is 18.2 Å². The molecule has 0 saturated heterocycles. The van der Waals surface area contributed by atoms with Gasteiger partial charge in [-0.2, -0.15) is 0 Å². The van der Waals surface area contributed by atoms with E-state index in [-0.39, 0.29) is 0 Å². The van der Waals surface area contributed by atoms with Crippen molar-refractivity contribution in [1.82, 2.24) is 9.55 Å². The maximum absolute atomic E-state index is 10.4. The normalized spacial score (nSPS) is 21.7. The average Bonchev–Trinajstić information content (AvgIpc) is 2.53. The molecule has 0 aromatic carbocycles. The van der Waals surface area contributed by atoms with Crippen molar-refractivity contribution in [3.63, 3.8) is 0 Å². The maximum Gasteiger partial charge on any atom is 0.106 e. The number of hydrogen-bond donors (Lipinski definition) is 1. The van der Waals surface area contributed by atoms with E-state index in [9.17, 15) is 5.11 Å². The van der Waals surface area contributed by atoms with Crippen LogP contribution in [0.4, 0.5) is 0 Å². The molecular formula is C10H16N2O. The Labute approximate surface area is 78.4 Å².